The molecule has 0 bridgehead atoms. The lowest BCUT2D eigenvalue weighted by molar-refractivity contribution is 0.122. The van der Waals surface area contributed by atoms with Gasteiger partial charge in [0, 0.05) is 26.2 Å². The van der Waals surface area contributed by atoms with Crippen molar-refractivity contribution in [3.05, 3.63) is 0 Å². The van der Waals surface area contributed by atoms with E-state index in [9.17, 15) is 0 Å². The minimum Gasteiger partial charge on any atom is -0.378 e. The first-order chi connectivity index (χ1) is 9.72. The number of nitrogen functional groups attached to an aromatic ring is 1. The van der Waals surface area contributed by atoms with Gasteiger partial charge in [0.15, 0.2) is 0 Å². The minimum absolute atomic E-state index is 0.301. The first-order valence-electron chi connectivity index (χ1n) is 7.31. The van der Waals surface area contributed by atoms with Crippen molar-refractivity contribution in [2.45, 2.75) is 19.8 Å². The van der Waals surface area contributed by atoms with E-state index in [-0.39, 0.29) is 0 Å². The van der Waals surface area contributed by atoms with Gasteiger partial charge in [-0.05, 0) is 18.8 Å². The average molecular weight is 278 g/mol. The maximum absolute atomic E-state index is 5.86. The van der Waals surface area contributed by atoms with Crippen molar-refractivity contribution < 1.29 is 4.74 Å². The van der Waals surface area contributed by atoms with E-state index < -0.39 is 0 Å². The van der Waals surface area contributed by atoms with Crippen LogP contribution in [0.3, 0.4) is 0 Å². The number of aromatic nitrogens is 3. The quantitative estimate of drug-likeness (QED) is 0.845. The normalized spacial score (nSPS) is 23.9. The van der Waals surface area contributed by atoms with Gasteiger partial charge in [0.25, 0.3) is 0 Å². The minimum atomic E-state index is 0.301. The van der Waals surface area contributed by atoms with Crippen molar-refractivity contribution in [3.63, 3.8) is 0 Å². The van der Waals surface area contributed by atoms with Gasteiger partial charge in [0.1, 0.15) is 0 Å². The smallest absolute Gasteiger partial charge is 0.232 e. The molecule has 0 aromatic carbocycles. The van der Waals surface area contributed by atoms with Gasteiger partial charge in [-0.1, -0.05) is 6.92 Å². The highest BCUT2D eigenvalue weighted by atomic mass is 16.5. The summed E-state index contributed by atoms with van der Waals surface area (Å²) in [4.78, 5) is 17.5. The Bertz CT molecular complexity index is 462. The monoisotopic (exact) mass is 278 g/mol. The lowest BCUT2D eigenvalue weighted by Gasteiger charge is -2.32. The van der Waals surface area contributed by atoms with Crippen LogP contribution in [-0.2, 0) is 4.74 Å². The van der Waals surface area contributed by atoms with Crippen LogP contribution in [0.15, 0.2) is 0 Å². The molecule has 2 fully saturated rings. The zero-order valence-electron chi connectivity index (χ0n) is 12.0. The Morgan fingerprint density at radius 1 is 1.05 bits per heavy atom. The number of anilines is 3. The van der Waals surface area contributed by atoms with Crippen LogP contribution in [0.1, 0.15) is 19.8 Å². The number of rotatable bonds is 2. The summed E-state index contributed by atoms with van der Waals surface area (Å²) in [6, 6.07) is 0. The summed E-state index contributed by atoms with van der Waals surface area (Å²) in [7, 11) is 0. The molecule has 1 aromatic heterocycles. The molecule has 2 aliphatic heterocycles. The van der Waals surface area contributed by atoms with Crippen LogP contribution in [0.5, 0.6) is 0 Å². The molecular formula is C13H22N6O. The molecule has 0 aliphatic carbocycles. The fraction of sp³-hybridized carbons (Fsp3) is 0.769. The number of nitrogens with two attached hydrogens (primary N) is 1. The standard InChI is InChI=1S/C13H22N6O/c1-10-3-2-4-19(9-10)13-16-11(14)15-12(17-13)18-5-7-20-8-6-18/h10H,2-9H2,1H3,(H2,14,15,16,17). The molecule has 0 amide bonds. The van der Waals surface area contributed by atoms with E-state index in [1.54, 1.807) is 0 Å². The fourth-order valence-corrected chi connectivity index (χ4v) is 2.79. The van der Waals surface area contributed by atoms with Gasteiger partial charge in [-0.3, -0.25) is 0 Å². The number of morpholine rings is 1. The van der Waals surface area contributed by atoms with Crippen LogP contribution in [0.2, 0.25) is 0 Å². The predicted octanol–water partition coefficient (Wildman–Crippen LogP) is 0.527. The summed E-state index contributed by atoms with van der Waals surface area (Å²) in [5, 5.41) is 0. The summed E-state index contributed by atoms with van der Waals surface area (Å²) in [5.74, 6) is 2.36. The van der Waals surface area contributed by atoms with E-state index in [0.717, 1.165) is 26.2 Å². The third kappa shape index (κ3) is 2.92. The molecule has 3 rings (SSSR count). The maximum atomic E-state index is 5.86. The Hall–Kier alpha value is -1.63. The van der Waals surface area contributed by atoms with Crippen molar-refractivity contribution in [2.75, 3.05) is 54.9 Å². The van der Waals surface area contributed by atoms with E-state index in [1.165, 1.54) is 12.8 Å². The fourth-order valence-electron chi connectivity index (χ4n) is 2.79. The largest absolute Gasteiger partial charge is 0.378 e. The van der Waals surface area contributed by atoms with Crippen molar-refractivity contribution in [1.82, 2.24) is 15.0 Å². The molecule has 2 N–H and O–H groups in total. The van der Waals surface area contributed by atoms with Gasteiger partial charge in [-0.15, -0.1) is 0 Å². The number of hydrogen-bond acceptors (Lipinski definition) is 7. The van der Waals surface area contributed by atoms with Gasteiger partial charge in [-0.25, -0.2) is 0 Å². The Morgan fingerprint density at radius 3 is 2.45 bits per heavy atom. The van der Waals surface area contributed by atoms with Crippen LogP contribution in [0.4, 0.5) is 17.8 Å². The first kappa shape index (κ1) is 13.4. The summed E-state index contributed by atoms with van der Waals surface area (Å²) >= 11 is 0. The number of hydrogen-bond donors (Lipinski definition) is 1. The highest BCUT2D eigenvalue weighted by molar-refractivity contribution is 5.44. The third-order valence-electron chi connectivity index (χ3n) is 3.86. The van der Waals surface area contributed by atoms with Crippen LogP contribution < -0.4 is 15.5 Å². The van der Waals surface area contributed by atoms with Crippen molar-refractivity contribution in [2.24, 2.45) is 5.92 Å². The van der Waals surface area contributed by atoms with Gasteiger partial charge in [0.2, 0.25) is 17.8 Å². The first-order valence-corrected chi connectivity index (χ1v) is 7.31. The van der Waals surface area contributed by atoms with Crippen LogP contribution in [0, 0.1) is 5.92 Å². The van der Waals surface area contributed by atoms with Crippen LogP contribution in [0.25, 0.3) is 0 Å². The zero-order valence-corrected chi connectivity index (χ0v) is 12.0. The molecule has 0 radical (unpaired) electrons. The molecule has 3 heterocycles. The van der Waals surface area contributed by atoms with Crippen molar-refractivity contribution in [1.29, 1.82) is 0 Å². The molecule has 2 saturated heterocycles. The maximum Gasteiger partial charge on any atom is 0.232 e. The van der Waals surface area contributed by atoms with E-state index in [4.69, 9.17) is 10.5 Å². The predicted molar refractivity (Wildman–Crippen MR) is 77.9 cm³/mol. The Balaban J connectivity index is 1.82. The summed E-state index contributed by atoms with van der Waals surface area (Å²) in [6.07, 6.45) is 2.45. The average Bonchev–Trinajstić information content (AvgIpc) is 2.47. The molecule has 0 saturated carbocycles. The molecule has 2 aliphatic rings. The molecule has 110 valence electrons. The Kier molecular flexibility index (Phi) is 3.86. The second-order valence-corrected chi connectivity index (χ2v) is 5.59. The Morgan fingerprint density at radius 2 is 1.75 bits per heavy atom. The molecule has 1 aromatic rings. The van der Waals surface area contributed by atoms with Gasteiger partial charge in [-0.2, -0.15) is 15.0 Å². The second-order valence-electron chi connectivity index (χ2n) is 5.59. The van der Waals surface area contributed by atoms with Crippen molar-refractivity contribution in [3.8, 4) is 0 Å². The number of nitrogens with zero attached hydrogens (tertiary/aromatic N) is 5. The van der Waals surface area contributed by atoms with E-state index in [2.05, 4.69) is 31.7 Å². The summed E-state index contributed by atoms with van der Waals surface area (Å²) < 4.78 is 5.36. The lowest BCUT2D eigenvalue weighted by atomic mass is 10.0. The molecule has 7 heteroatoms. The molecule has 7 nitrogen and oxygen atoms in total. The van der Waals surface area contributed by atoms with Gasteiger partial charge < -0.3 is 20.3 Å². The number of ether oxygens (including phenoxy) is 1. The molecule has 1 unspecified atom stereocenters. The molecule has 1 atom stereocenters. The highest BCUT2D eigenvalue weighted by Gasteiger charge is 2.22. The lowest BCUT2D eigenvalue weighted by Crippen LogP contribution is -2.39. The van der Waals surface area contributed by atoms with Crippen LogP contribution >= 0.6 is 0 Å². The Labute approximate surface area is 119 Å². The molecular weight excluding hydrogens is 256 g/mol. The van der Waals surface area contributed by atoms with E-state index in [0.29, 0.717) is 37.0 Å². The van der Waals surface area contributed by atoms with Crippen molar-refractivity contribution >= 4 is 17.8 Å². The van der Waals surface area contributed by atoms with Gasteiger partial charge in [0.05, 0.1) is 13.2 Å². The van der Waals surface area contributed by atoms with E-state index in [1.807, 2.05) is 0 Å². The highest BCUT2D eigenvalue weighted by Crippen LogP contribution is 2.22. The number of piperidine rings is 1. The summed E-state index contributed by atoms with van der Waals surface area (Å²) in [5.41, 5.74) is 5.86. The van der Waals surface area contributed by atoms with Gasteiger partial charge >= 0.3 is 0 Å². The zero-order chi connectivity index (χ0) is 13.9. The summed E-state index contributed by atoms with van der Waals surface area (Å²) in [6.45, 7) is 7.28. The SMILES string of the molecule is CC1CCCN(c2nc(N)nc(N3CCOCC3)n2)C1. The second kappa shape index (κ2) is 5.78. The molecule has 0 spiro atoms. The third-order valence-corrected chi connectivity index (χ3v) is 3.86. The topological polar surface area (TPSA) is 80.4 Å². The van der Waals surface area contributed by atoms with Crippen LogP contribution in [-0.4, -0.2) is 54.3 Å². The molecule has 20 heavy (non-hydrogen) atoms. The van der Waals surface area contributed by atoms with E-state index >= 15 is 0 Å².